The smallest absolute Gasteiger partial charge is 0.258 e. The number of rotatable bonds is 4. The average molecular weight is 406 g/mol. The highest BCUT2D eigenvalue weighted by atomic mass is 32.3. The number of sulfonamides is 1. The summed E-state index contributed by atoms with van der Waals surface area (Å²) in [6.07, 6.45) is 0. The van der Waals surface area contributed by atoms with Gasteiger partial charge in [0.05, 0.1) is 9.82 Å². The van der Waals surface area contributed by atoms with Crippen LogP contribution in [0.2, 0.25) is 0 Å². The Bertz CT molecular complexity index is 1050. The molecule has 0 radical (unpaired) electrons. The van der Waals surface area contributed by atoms with Crippen LogP contribution in [0.3, 0.4) is 0 Å². The molecule has 7 nitrogen and oxygen atoms in total. The van der Waals surface area contributed by atoms with Gasteiger partial charge in [0.15, 0.2) is 0 Å². The van der Waals surface area contributed by atoms with Crippen LogP contribution >= 0.6 is 0 Å². The van der Waals surface area contributed by atoms with Crippen molar-refractivity contribution in [3.05, 3.63) is 75.9 Å². The molecule has 1 aliphatic heterocycles. The third-order valence-electron chi connectivity index (χ3n) is 4.27. The van der Waals surface area contributed by atoms with Crippen LogP contribution < -0.4 is 0 Å². The predicted molar refractivity (Wildman–Crippen MR) is 106 cm³/mol. The summed E-state index contributed by atoms with van der Waals surface area (Å²) in [5.74, 6) is 0.421. The number of hydrogen-bond acceptors (Lipinski definition) is 5. The van der Waals surface area contributed by atoms with E-state index in [1.165, 1.54) is 9.78 Å². The molecule has 0 aromatic heterocycles. The van der Waals surface area contributed by atoms with Crippen LogP contribution in [-0.4, -0.2) is 29.3 Å². The predicted octanol–water partition coefficient (Wildman–Crippen LogP) is 3.98. The van der Waals surface area contributed by atoms with Gasteiger partial charge < -0.3 is 0 Å². The summed E-state index contributed by atoms with van der Waals surface area (Å²) in [5.41, 5.74) is 2.08. The van der Waals surface area contributed by atoms with Crippen LogP contribution in [0.15, 0.2) is 75.0 Å². The summed E-state index contributed by atoms with van der Waals surface area (Å²) < 4.78 is 32.2. The van der Waals surface area contributed by atoms with Crippen LogP contribution in [0.1, 0.15) is 13.8 Å². The molecule has 9 heteroatoms. The van der Waals surface area contributed by atoms with Crippen LogP contribution in [0.25, 0.3) is 0 Å². The number of nitro groups is 1. The van der Waals surface area contributed by atoms with Crippen molar-refractivity contribution in [1.82, 2.24) is 3.71 Å². The molecule has 1 atom stereocenters. The SMILES string of the molecule is CC1=C(C)CS(=Nc2ccccc2[N+](=O)[O-])N(S(=O)(=O)c2ccccc2)C1. The van der Waals surface area contributed by atoms with Gasteiger partial charge >= 0.3 is 0 Å². The van der Waals surface area contributed by atoms with Crippen molar-refractivity contribution in [2.24, 2.45) is 4.36 Å². The first-order chi connectivity index (χ1) is 12.8. The zero-order chi connectivity index (χ0) is 19.6. The zero-order valence-corrected chi connectivity index (χ0v) is 16.5. The summed E-state index contributed by atoms with van der Waals surface area (Å²) in [6, 6.07) is 14.3. The lowest BCUT2D eigenvalue weighted by Crippen LogP contribution is -2.38. The lowest BCUT2D eigenvalue weighted by Gasteiger charge is -2.30. The molecule has 142 valence electrons. The van der Waals surface area contributed by atoms with Gasteiger partial charge in [-0.05, 0) is 42.9 Å². The first-order valence-electron chi connectivity index (χ1n) is 8.20. The molecule has 0 bridgehead atoms. The van der Waals surface area contributed by atoms with E-state index in [4.69, 9.17) is 0 Å². The Morgan fingerprint density at radius 2 is 1.67 bits per heavy atom. The largest absolute Gasteiger partial charge is 0.295 e. The lowest BCUT2D eigenvalue weighted by molar-refractivity contribution is -0.384. The van der Waals surface area contributed by atoms with E-state index in [2.05, 4.69) is 4.36 Å². The monoisotopic (exact) mass is 405 g/mol. The summed E-state index contributed by atoms with van der Waals surface area (Å²) >= 11 is 0. The third-order valence-corrected chi connectivity index (χ3v) is 8.60. The number of nitrogens with zero attached hydrogens (tertiary/aromatic N) is 3. The van der Waals surface area contributed by atoms with Gasteiger partial charge in [-0.15, -0.1) is 3.71 Å². The maximum atomic E-state index is 13.2. The number of para-hydroxylation sites is 1. The van der Waals surface area contributed by atoms with E-state index >= 15 is 0 Å². The van der Waals surface area contributed by atoms with Crippen molar-refractivity contribution in [2.75, 3.05) is 12.3 Å². The fourth-order valence-corrected chi connectivity index (χ4v) is 6.77. The number of nitro benzene ring substituents is 1. The minimum atomic E-state index is -3.77. The fraction of sp³-hybridized carbons (Fsp3) is 0.222. The highest BCUT2D eigenvalue weighted by Gasteiger charge is 2.32. The molecule has 2 aromatic carbocycles. The van der Waals surface area contributed by atoms with Crippen molar-refractivity contribution >= 4 is 32.3 Å². The molecule has 0 aliphatic carbocycles. The fourth-order valence-electron chi connectivity index (χ4n) is 2.59. The first kappa shape index (κ1) is 19.4. The van der Waals surface area contributed by atoms with Gasteiger partial charge in [-0.25, -0.2) is 12.8 Å². The standard InChI is InChI=1S/C18H19N3O4S2/c1-14-12-20(27(24,25)16-8-4-3-5-9-16)26(13-15(14)2)19-17-10-6-7-11-18(17)21(22)23/h3-11H,12-13H2,1-2H3. The Kier molecular flexibility index (Phi) is 5.54. The van der Waals surface area contributed by atoms with Gasteiger partial charge in [0.2, 0.25) is 0 Å². The Morgan fingerprint density at radius 3 is 2.33 bits per heavy atom. The van der Waals surface area contributed by atoms with E-state index in [1.54, 1.807) is 48.5 Å². The van der Waals surface area contributed by atoms with E-state index in [9.17, 15) is 18.5 Å². The molecule has 27 heavy (non-hydrogen) atoms. The van der Waals surface area contributed by atoms with Crippen molar-refractivity contribution in [3.8, 4) is 0 Å². The van der Waals surface area contributed by atoms with Gasteiger partial charge in [-0.1, -0.05) is 41.5 Å². The van der Waals surface area contributed by atoms with Crippen molar-refractivity contribution in [3.63, 3.8) is 0 Å². The quantitative estimate of drug-likeness (QED) is 0.437. The second-order valence-corrected chi connectivity index (χ2v) is 9.85. The molecule has 2 aromatic rings. The molecule has 0 fully saturated rings. The second-order valence-electron chi connectivity index (χ2n) is 6.16. The minimum absolute atomic E-state index is 0.133. The molecule has 0 N–H and O–H groups in total. The average Bonchev–Trinajstić information content (AvgIpc) is 2.65. The summed E-state index contributed by atoms with van der Waals surface area (Å²) in [5, 5.41) is 11.3. The molecule has 0 saturated carbocycles. The normalized spacial score (nSPS) is 18.7. The van der Waals surface area contributed by atoms with E-state index in [0.717, 1.165) is 11.1 Å². The highest BCUT2D eigenvalue weighted by molar-refractivity contribution is 8.02. The molecule has 0 saturated heterocycles. The van der Waals surface area contributed by atoms with Gasteiger partial charge in [-0.3, -0.25) is 10.1 Å². The van der Waals surface area contributed by atoms with E-state index in [-0.39, 0.29) is 22.8 Å². The zero-order valence-electron chi connectivity index (χ0n) is 14.9. The maximum Gasteiger partial charge on any atom is 0.295 e. The van der Waals surface area contributed by atoms with Gasteiger partial charge in [0.1, 0.15) is 5.69 Å². The van der Waals surface area contributed by atoms with Crippen LogP contribution in [0.5, 0.6) is 0 Å². The van der Waals surface area contributed by atoms with Gasteiger partial charge in [0, 0.05) is 18.4 Å². The molecular weight excluding hydrogens is 386 g/mol. The van der Waals surface area contributed by atoms with Crippen molar-refractivity contribution in [2.45, 2.75) is 18.7 Å². The van der Waals surface area contributed by atoms with Crippen molar-refractivity contribution < 1.29 is 13.3 Å². The van der Waals surface area contributed by atoms with Crippen LogP contribution in [0, 0.1) is 10.1 Å². The van der Waals surface area contributed by atoms with Crippen molar-refractivity contribution in [1.29, 1.82) is 0 Å². The highest BCUT2D eigenvalue weighted by Crippen LogP contribution is 2.32. The molecule has 0 spiro atoms. The van der Waals surface area contributed by atoms with Crippen LogP contribution in [0.4, 0.5) is 11.4 Å². The minimum Gasteiger partial charge on any atom is -0.258 e. The first-order valence-corrected chi connectivity index (χ1v) is 10.9. The summed E-state index contributed by atoms with van der Waals surface area (Å²) in [4.78, 5) is 11.0. The Morgan fingerprint density at radius 1 is 1.04 bits per heavy atom. The Labute approximate surface area is 160 Å². The van der Waals surface area contributed by atoms with Gasteiger partial charge in [-0.2, -0.15) is 0 Å². The Balaban J connectivity index is 2.14. The molecule has 1 heterocycles. The third kappa shape index (κ3) is 4.00. The lowest BCUT2D eigenvalue weighted by atomic mass is 10.2. The maximum absolute atomic E-state index is 13.2. The molecular formula is C18H19N3O4S2. The topological polar surface area (TPSA) is 92.9 Å². The van der Waals surface area contributed by atoms with Gasteiger partial charge in [0.25, 0.3) is 15.7 Å². The molecule has 1 aliphatic rings. The molecule has 1 unspecified atom stereocenters. The summed E-state index contributed by atoms with van der Waals surface area (Å²) in [7, 11) is -4.85. The summed E-state index contributed by atoms with van der Waals surface area (Å²) in [6.45, 7) is 4.06. The second kappa shape index (κ2) is 7.71. The molecule has 3 rings (SSSR count). The number of hydrogen-bond donors (Lipinski definition) is 0. The van der Waals surface area contributed by atoms with E-state index < -0.39 is 25.8 Å². The van der Waals surface area contributed by atoms with Crippen LogP contribution in [-0.2, 0) is 20.9 Å². The van der Waals surface area contributed by atoms with E-state index in [0.29, 0.717) is 5.75 Å². The Hall–Kier alpha value is -2.36. The molecule has 0 amide bonds. The van der Waals surface area contributed by atoms with E-state index in [1.807, 2.05) is 13.8 Å². The number of benzene rings is 2.